The summed E-state index contributed by atoms with van der Waals surface area (Å²) in [6.07, 6.45) is 1.45. The van der Waals surface area contributed by atoms with Gasteiger partial charge in [0.25, 0.3) is 0 Å². The van der Waals surface area contributed by atoms with Gasteiger partial charge in [0.1, 0.15) is 40.2 Å². The zero-order valence-electron chi connectivity index (χ0n) is 18.6. The highest BCUT2D eigenvalue weighted by molar-refractivity contribution is 6.04. The van der Waals surface area contributed by atoms with Crippen LogP contribution in [0.15, 0.2) is 48.5 Å². The van der Waals surface area contributed by atoms with Gasteiger partial charge in [-0.15, -0.1) is 0 Å². The molecule has 12 heteroatoms. The lowest BCUT2D eigenvalue weighted by Crippen LogP contribution is -1.88. The summed E-state index contributed by atoms with van der Waals surface area (Å²) in [5.41, 5.74) is 7.13. The second-order valence-electron chi connectivity index (χ2n) is 6.27. The molecule has 0 saturated carbocycles. The number of aromatic hydroxyl groups is 7. The molecule has 3 rings (SSSR count). The Hall–Kier alpha value is -3.77. The summed E-state index contributed by atoms with van der Waals surface area (Å²) in [5.74, 6) is -0.0419. The van der Waals surface area contributed by atoms with Crippen LogP contribution in [0.5, 0.6) is 40.2 Å². The van der Waals surface area contributed by atoms with Gasteiger partial charge in [-0.1, -0.05) is 19.9 Å². The number of rotatable bonds is 2. The predicted molar refractivity (Wildman–Crippen MR) is 129 cm³/mol. The summed E-state index contributed by atoms with van der Waals surface area (Å²) >= 11 is 3.64. The monoisotopic (exact) mass is 505 g/mol. The number of nitrogens with two attached hydrogens (primary N) is 1. The van der Waals surface area contributed by atoms with E-state index in [4.69, 9.17) is 35.9 Å². The lowest BCUT2D eigenvalue weighted by molar-refractivity contribution is 0.427. The van der Waals surface area contributed by atoms with E-state index in [-0.39, 0.29) is 51.2 Å². The van der Waals surface area contributed by atoms with Crippen LogP contribution in [0.3, 0.4) is 0 Å². The molecular formula is C22H32ClNO10. The van der Waals surface area contributed by atoms with Crippen LogP contribution in [0, 0.1) is 0 Å². The Morgan fingerprint density at radius 2 is 0.971 bits per heavy atom. The van der Waals surface area contributed by atoms with Gasteiger partial charge in [-0.3, -0.25) is 4.66 Å². The highest BCUT2D eigenvalue weighted by Gasteiger charge is 2.08. The van der Waals surface area contributed by atoms with Gasteiger partial charge in [0.2, 0.25) is 0 Å². The first kappa shape index (κ1) is 34.8. The molecule has 3 aromatic carbocycles. The van der Waals surface area contributed by atoms with Crippen molar-refractivity contribution < 1.29 is 51.4 Å². The first-order valence-corrected chi connectivity index (χ1v) is 9.61. The van der Waals surface area contributed by atoms with E-state index in [2.05, 4.69) is 11.9 Å². The minimum absolute atomic E-state index is 0. The average molecular weight is 506 g/mol. The maximum Gasteiger partial charge on any atom is 0.125 e. The van der Waals surface area contributed by atoms with E-state index in [1.807, 2.05) is 13.8 Å². The second-order valence-corrected chi connectivity index (χ2v) is 6.27. The zero-order valence-corrected chi connectivity index (χ0v) is 19.3. The Labute approximate surface area is 201 Å². The van der Waals surface area contributed by atoms with Crippen molar-refractivity contribution in [2.45, 2.75) is 26.7 Å². The Morgan fingerprint density at radius 1 is 0.618 bits per heavy atom. The summed E-state index contributed by atoms with van der Waals surface area (Å²) in [6.45, 7) is 3.89. The number of phenolic OH excluding ortho intramolecular Hbond substituents is 7. The molecule has 0 fully saturated rings. The third kappa shape index (κ3) is 12.3. The fraction of sp³-hybridized carbons (Fsp3) is 0.182. The van der Waals surface area contributed by atoms with E-state index < -0.39 is 0 Å². The van der Waals surface area contributed by atoms with E-state index in [1.54, 1.807) is 12.1 Å². The van der Waals surface area contributed by atoms with Crippen molar-refractivity contribution in [2.24, 2.45) is 0 Å². The van der Waals surface area contributed by atoms with Crippen LogP contribution in [-0.2, 0) is 12.8 Å². The number of halogens is 1. The summed E-state index contributed by atoms with van der Waals surface area (Å²) < 4.78 is 6.47. The normalized spacial score (nSPS) is 8.71. The van der Waals surface area contributed by atoms with Crippen LogP contribution in [0.25, 0.3) is 0 Å². The van der Waals surface area contributed by atoms with Crippen LogP contribution in [-0.4, -0.2) is 51.4 Å². The molecule has 192 valence electrons. The highest BCUT2D eigenvalue weighted by atomic mass is 35.5. The van der Waals surface area contributed by atoms with Gasteiger partial charge >= 0.3 is 0 Å². The largest absolute Gasteiger partial charge is 0.508 e. The minimum atomic E-state index is -0.146. The Morgan fingerprint density at radius 3 is 1.26 bits per heavy atom. The van der Waals surface area contributed by atoms with Crippen LogP contribution in [0.1, 0.15) is 25.0 Å². The van der Waals surface area contributed by atoms with Crippen molar-refractivity contribution >= 4 is 17.6 Å². The second kappa shape index (κ2) is 17.7. The third-order valence-corrected chi connectivity index (χ3v) is 3.89. The van der Waals surface area contributed by atoms with Gasteiger partial charge < -0.3 is 52.4 Å². The zero-order chi connectivity index (χ0) is 24.8. The standard InChI is InChI=1S/C10H14O2.C6H7NO2.C6H6O3.ClHO.2H2O/c1-3-7-5-6-9(11)8(4-2)10(7)12;2*7-4-1-5(8)3-6(9)2-4;1-2;;/h5-6,11-12H,3-4H2,1-2H3;1-3,8-9H,7H2;1-3,7-9H;2H;2*1H2. The van der Waals surface area contributed by atoms with Crippen molar-refractivity contribution in [3.63, 3.8) is 0 Å². The molecule has 3 aromatic rings. The van der Waals surface area contributed by atoms with Gasteiger partial charge in [0.15, 0.2) is 0 Å². The van der Waals surface area contributed by atoms with Gasteiger partial charge in [0, 0.05) is 47.6 Å². The Kier molecular flexibility index (Phi) is 18.2. The maximum atomic E-state index is 9.61. The van der Waals surface area contributed by atoms with Crippen LogP contribution in [0.4, 0.5) is 5.69 Å². The number of benzene rings is 3. The van der Waals surface area contributed by atoms with Gasteiger partial charge in [0.05, 0.1) is 11.9 Å². The first-order valence-electron chi connectivity index (χ1n) is 9.27. The minimum Gasteiger partial charge on any atom is -0.508 e. The summed E-state index contributed by atoms with van der Waals surface area (Å²) in [6, 6.07) is 10.7. The molecule has 0 bridgehead atoms. The van der Waals surface area contributed by atoms with Crippen molar-refractivity contribution in [3.05, 3.63) is 59.7 Å². The van der Waals surface area contributed by atoms with Crippen molar-refractivity contribution in [2.75, 3.05) is 5.73 Å². The number of hydrogen-bond donors (Lipinski definition) is 9. The molecule has 0 amide bonds. The Balaban J connectivity index is -0.000000402. The number of phenols is 7. The Bertz CT molecular complexity index is 836. The lowest BCUT2D eigenvalue weighted by Gasteiger charge is -2.08. The number of aryl methyl sites for hydroxylation is 1. The first-order chi connectivity index (χ1) is 15.1. The predicted octanol–water partition coefficient (Wildman–Crippen LogP) is 2.19. The fourth-order valence-corrected chi connectivity index (χ4v) is 2.51. The third-order valence-electron chi connectivity index (χ3n) is 3.89. The molecule has 0 aromatic heterocycles. The molecule has 0 aliphatic rings. The molecule has 34 heavy (non-hydrogen) atoms. The maximum absolute atomic E-state index is 9.61. The van der Waals surface area contributed by atoms with E-state index in [0.717, 1.165) is 30.2 Å². The van der Waals surface area contributed by atoms with E-state index in [0.29, 0.717) is 17.7 Å². The molecule has 14 N–H and O–H groups in total. The lowest BCUT2D eigenvalue weighted by atomic mass is 10.0. The molecule has 0 radical (unpaired) electrons. The molecule has 11 nitrogen and oxygen atoms in total. The average Bonchev–Trinajstić information content (AvgIpc) is 2.69. The van der Waals surface area contributed by atoms with E-state index in [1.165, 1.54) is 18.2 Å². The van der Waals surface area contributed by atoms with Gasteiger partial charge in [-0.25, -0.2) is 0 Å². The molecule has 0 atom stereocenters. The van der Waals surface area contributed by atoms with Crippen molar-refractivity contribution in [3.8, 4) is 40.2 Å². The summed E-state index contributed by atoms with van der Waals surface area (Å²) in [7, 11) is 0. The van der Waals surface area contributed by atoms with E-state index in [9.17, 15) is 10.2 Å². The number of anilines is 1. The number of hydrogen-bond acceptors (Lipinski definition) is 9. The molecule has 0 saturated heterocycles. The molecule has 0 aliphatic heterocycles. The van der Waals surface area contributed by atoms with Gasteiger partial charge in [-0.2, -0.15) is 0 Å². The van der Waals surface area contributed by atoms with Crippen molar-refractivity contribution in [1.82, 2.24) is 0 Å². The quantitative estimate of drug-likeness (QED) is 0.231. The fourth-order valence-electron chi connectivity index (χ4n) is 2.51. The summed E-state index contributed by atoms with van der Waals surface area (Å²) in [4.78, 5) is 0. The SMILES string of the molecule is CCc1ccc(O)c(CC)c1O.Nc1cc(O)cc(O)c1.O.O.OCl.Oc1cc(O)cc(O)c1. The van der Waals surface area contributed by atoms with Crippen molar-refractivity contribution in [1.29, 1.82) is 0 Å². The molecule has 0 heterocycles. The van der Waals surface area contributed by atoms with Crippen LogP contribution >= 0.6 is 11.9 Å². The summed E-state index contributed by atoms with van der Waals surface area (Å²) in [5, 5.41) is 62.5. The molecular weight excluding hydrogens is 474 g/mol. The topological polar surface area (TPSA) is 251 Å². The molecule has 0 spiro atoms. The van der Waals surface area contributed by atoms with Gasteiger partial charge in [-0.05, 0) is 24.5 Å². The van der Waals surface area contributed by atoms with E-state index >= 15 is 0 Å². The molecule has 0 aliphatic carbocycles. The smallest absolute Gasteiger partial charge is 0.125 e. The number of nitrogen functional groups attached to an aromatic ring is 1. The van der Waals surface area contributed by atoms with Crippen LogP contribution in [0.2, 0.25) is 0 Å². The molecule has 0 unspecified atom stereocenters. The van der Waals surface area contributed by atoms with Crippen LogP contribution < -0.4 is 5.73 Å². The highest BCUT2D eigenvalue weighted by Crippen LogP contribution is 2.31.